The topological polar surface area (TPSA) is 41.6 Å². The first kappa shape index (κ1) is 16.4. The number of rotatable bonds is 1. The number of urea groups is 1. The number of carbonyl (C=O) groups excluding carboxylic acids is 1. The SMILES string of the molecule is O=C(Nc1c(Cl)cc(Br)cc1C(F)(F)F)N1CCOCC1. The predicted octanol–water partition coefficient (Wildman–Crippen LogP) is 3.99. The molecule has 1 N–H and O–H groups in total. The van der Waals surface area contributed by atoms with Gasteiger partial charge in [-0.25, -0.2) is 4.79 Å². The van der Waals surface area contributed by atoms with Gasteiger partial charge in [0.25, 0.3) is 0 Å². The van der Waals surface area contributed by atoms with Crippen molar-refractivity contribution in [1.29, 1.82) is 0 Å². The van der Waals surface area contributed by atoms with E-state index in [0.29, 0.717) is 26.3 Å². The van der Waals surface area contributed by atoms with Crippen LogP contribution in [0.5, 0.6) is 0 Å². The average molecular weight is 388 g/mol. The second-order valence-electron chi connectivity index (χ2n) is 4.34. The maximum Gasteiger partial charge on any atom is 0.418 e. The van der Waals surface area contributed by atoms with Crippen LogP contribution >= 0.6 is 27.5 Å². The standard InChI is InChI=1S/C12H11BrClF3N2O2/c13-7-5-8(12(15,16)17)10(9(14)6-7)18-11(20)19-1-3-21-4-2-19/h5-6H,1-4H2,(H,18,20). The van der Waals surface area contributed by atoms with E-state index in [9.17, 15) is 18.0 Å². The van der Waals surface area contributed by atoms with Crippen LogP contribution in [0.3, 0.4) is 0 Å². The summed E-state index contributed by atoms with van der Waals surface area (Å²) in [5.74, 6) is 0. The van der Waals surface area contributed by atoms with Crippen LogP contribution in [0.2, 0.25) is 5.02 Å². The molecule has 4 nitrogen and oxygen atoms in total. The number of nitrogens with zero attached hydrogens (tertiary/aromatic N) is 1. The average Bonchev–Trinajstić information content (AvgIpc) is 2.41. The highest BCUT2D eigenvalue weighted by molar-refractivity contribution is 9.10. The third-order valence-electron chi connectivity index (χ3n) is 2.89. The zero-order valence-corrected chi connectivity index (χ0v) is 13.0. The van der Waals surface area contributed by atoms with Crippen LogP contribution in [0.15, 0.2) is 16.6 Å². The molecule has 0 spiro atoms. The van der Waals surface area contributed by atoms with Gasteiger partial charge in [-0.15, -0.1) is 0 Å². The Balaban J connectivity index is 2.28. The van der Waals surface area contributed by atoms with Gasteiger partial charge in [-0.2, -0.15) is 13.2 Å². The largest absolute Gasteiger partial charge is 0.418 e. The quantitative estimate of drug-likeness (QED) is 0.792. The second-order valence-corrected chi connectivity index (χ2v) is 5.66. The third kappa shape index (κ3) is 4.02. The molecule has 0 aliphatic carbocycles. The van der Waals surface area contributed by atoms with Crippen molar-refractivity contribution >= 4 is 39.2 Å². The van der Waals surface area contributed by atoms with Crippen LogP contribution in [0.4, 0.5) is 23.7 Å². The van der Waals surface area contributed by atoms with Crippen LogP contribution in [-0.4, -0.2) is 37.2 Å². The highest BCUT2D eigenvalue weighted by Gasteiger charge is 2.36. The number of amides is 2. The van der Waals surface area contributed by atoms with Crippen LogP contribution in [0.1, 0.15) is 5.56 Å². The molecule has 1 aliphatic rings. The molecule has 0 bridgehead atoms. The van der Waals surface area contributed by atoms with Crippen molar-refractivity contribution in [3.8, 4) is 0 Å². The van der Waals surface area contributed by atoms with E-state index in [-0.39, 0.29) is 9.50 Å². The van der Waals surface area contributed by atoms with Crippen LogP contribution in [0.25, 0.3) is 0 Å². The number of morpholine rings is 1. The molecule has 0 radical (unpaired) electrons. The normalized spacial score (nSPS) is 16.0. The summed E-state index contributed by atoms with van der Waals surface area (Å²) in [6, 6.07) is 1.54. The fraction of sp³-hybridized carbons (Fsp3) is 0.417. The number of benzene rings is 1. The lowest BCUT2D eigenvalue weighted by Gasteiger charge is -2.27. The molecule has 2 rings (SSSR count). The van der Waals surface area contributed by atoms with Gasteiger partial charge in [0.05, 0.1) is 29.5 Å². The van der Waals surface area contributed by atoms with Gasteiger partial charge in [0, 0.05) is 17.6 Å². The van der Waals surface area contributed by atoms with E-state index in [1.54, 1.807) is 0 Å². The van der Waals surface area contributed by atoms with Gasteiger partial charge in [0.2, 0.25) is 0 Å². The van der Waals surface area contributed by atoms with E-state index < -0.39 is 23.5 Å². The fourth-order valence-electron chi connectivity index (χ4n) is 1.88. The highest BCUT2D eigenvalue weighted by atomic mass is 79.9. The zero-order chi connectivity index (χ0) is 15.6. The van der Waals surface area contributed by atoms with Crippen molar-refractivity contribution in [3.63, 3.8) is 0 Å². The Morgan fingerprint density at radius 1 is 1.33 bits per heavy atom. The van der Waals surface area contributed by atoms with Gasteiger partial charge in [-0.3, -0.25) is 0 Å². The number of hydrogen-bond acceptors (Lipinski definition) is 2. The molecule has 0 atom stereocenters. The Bertz CT molecular complexity index is 548. The van der Waals surface area contributed by atoms with Gasteiger partial charge in [-0.05, 0) is 12.1 Å². The molecule has 0 saturated carbocycles. The van der Waals surface area contributed by atoms with Crippen molar-refractivity contribution in [2.45, 2.75) is 6.18 Å². The van der Waals surface area contributed by atoms with E-state index >= 15 is 0 Å². The zero-order valence-electron chi connectivity index (χ0n) is 10.6. The molecule has 1 heterocycles. The number of hydrogen-bond donors (Lipinski definition) is 1. The molecule has 1 aromatic rings. The fourth-order valence-corrected chi connectivity index (χ4v) is 2.73. The molecule has 0 unspecified atom stereocenters. The molecule has 1 aromatic carbocycles. The van der Waals surface area contributed by atoms with Gasteiger partial charge in [0.15, 0.2) is 0 Å². The van der Waals surface area contributed by atoms with Crippen LogP contribution in [-0.2, 0) is 10.9 Å². The van der Waals surface area contributed by atoms with Gasteiger partial charge < -0.3 is 15.0 Å². The molecule has 1 aliphatic heterocycles. The van der Waals surface area contributed by atoms with E-state index in [1.165, 1.54) is 11.0 Å². The number of ether oxygens (including phenoxy) is 1. The lowest BCUT2D eigenvalue weighted by Crippen LogP contribution is -2.43. The van der Waals surface area contributed by atoms with Crippen molar-refractivity contribution in [3.05, 3.63) is 27.2 Å². The Kier molecular flexibility index (Phi) is 5.00. The minimum Gasteiger partial charge on any atom is -0.378 e. The number of halogens is 5. The van der Waals surface area contributed by atoms with E-state index in [1.807, 2.05) is 0 Å². The summed E-state index contributed by atoms with van der Waals surface area (Å²) in [4.78, 5) is 13.4. The molecule has 21 heavy (non-hydrogen) atoms. The smallest absolute Gasteiger partial charge is 0.378 e. The molecular weight excluding hydrogens is 376 g/mol. The summed E-state index contributed by atoms with van der Waals surface area (Å²) in [7, 11) is 0. The third-order valence-corrected chi connectivity index (χ3v) is 3.65. The minimum absolute atomic E-state index is 0.182. The van der Waals surface area contributed by atoms with Crippen LogP contribution in [0, 0.1) is 0 Å². The van der Waals surface area contributed by atoms with Gasteiger partial charge in [0.1, 0.15) is 0 Å². The lowest BCUT2D eigenvalue weighted by atomic mass is 10.1. The monoisotopic (exact) mass is 386 g/mol. The molecule has 0 aromatic heterocycles. The maximum atomic E-state index is 13.0. The van der Waals surface area contributed by atoms with E-state index in [2.05, 4.69) is 21.2 Å². The van der Waals surface area contributed by atoms with Crippen molar-refractivity contribution in [2.24, 2.45) is 0 Å². The molecule has 2 amide bonds. The predicted molar refractivity (Wildman–Crippen MR) is 75.6 cm³/mol. The molecular formula is C12H11BrClF3N2O2. The van der Waals surface area contributed by atoms with E-state index in [0.717, 1.165) is 6.07 Å². The summed E-state index contributed by atoms with van der Waals surface area (Å²) in [6.45, 7) is 1.35. The summed E-state index contributed by atoms with van der Waals surface area (Å²) >= 11 is 8.79. The molecule has 1 fully saturated rings. The van der Waals surface area contributed by atoms with E-state index in [4.69, 9.17) is 16.3 Å². The highest BCUT2D eigenvalue weighted by Crippen LogP contribution is 2.40. The molecule has 1 saturated heterocycles. The number of carbonyl (C=O) groups is 1. The van der Waals surface area contributed by atoms with Crippen LogP contribution < -0.4 is 5.32 Å². The summed E-state index contributed by atoms with van der Waals surface area (Å²) in [6.07, 6.45) is -4.62. The molecule has 116 valence electrons. The number of anilines is 1. The van der Waals surface area contributed by atoms with Crippen molar-refractivity contribution in [1.82, 2.24) is 4.90 Å². The van der Waals surface area contributed by atoms with Gasteiger partial charge >= 0.3 is 12.2 Å². The Morgan fingerprint density at radius 2 is 1.95 bits per heavy atom. The lowest BCUT2D eigenvalue weighted by molar-refractivity contribution is -0.137. The summed E-state index contributed by atoms with van der Waals surface area (Å²) in [5, 5.41) is 2.06. The summed E-state index contributed by atoms with van der Waals surface area (Å²) < 4.78 is 44.4. The Morgan fingerprint density at radius 3 is 2.52 bits per heavy atom. The second kappa shape index (κ2) is 6.41. The van der Waals surface area contributed by atoms with Crippen molar-refractivity contribution in [2.75, 3.05) is 31.6 Å². The number of nitrogens with one attached hydrogen (secondary N) is 1. The number of alkyl halides is 3. The van der Waals surface area contributed by atoms with Gasteiger partial charge in [-0.1, -0.05) is 27.5 Å². The first-order valence-corrected chi connectivity index (χ1v) is 7.16. The first-order valence-electron chi connectivity index (χ1n) is 5.99. The Labute approximate surface area is 132 Å². The summed E-state index contributed by atoms with van der Waals surface area (Å²) in [5.41, 5.74) is -1.44. The molecule has 9 heteroatoms. The minimum atomic E-state index is -4.62. The van der Waals surface area contributed by atoms with Crippen molar-refractivity contribution < 1.29 is 22.7 Å². The maximum absolute atomic E-state index is 13.0. The first-order chi connectivity index (χ1) is 9.79. The Hall–Kier alpha value is -0.990.